The number of ether oxygens (including phenoxy) is 1. The first-order valence-electron chi connectivity index (χ1n) is 9.00. The van der Waals surface area contributed by atoms with Gasteiger partial charge in [-0.3, -0.25) is 9.78 Å². The number of carbonyl (C=O) groups excluding carboxylic acids is 1. The van der Waals surface area contributed by atoms with E-state index < -0.39 is 5.69 Å². The molecular weight excluding hydrogens is 344 g/mol. The molecule has 1 aliphatic heterocycles. The summed E-state index contributed by atoms with van der Waals surface area (Å²) in [6.45, 7) is 1.53. The summed E-state index contributed by atoms with van der Waals surface area (Å²) in [5, 5.41) is 0.652. The molecule has 0 saturated carbocycles. The molecule has 3 aromatic rings. The molecule has 0 radical (unpaired) electrons. The van der Waals surface area contributed by atoms with Gasteiger partial charge in [-0.05, 0) is 31.0 Å². The zero-order valence-corrected chi connectivity index (χ0v) is 14.8. The van der Waals surface area contributed by atoms with Gasteiger partial charge >= 0.3 is 5.69 Å². The second kappa shape index (κ2) is 7.67. The van der Waals surface area contributed by atoms with Crippen LogP contribution in [0.5, 0.6) is 0 Å². The third-order valence-electron chi connectivity index (χ3n) is 4.70. The van der Waals surface area contributed by atoms with Crippen LogP contribution in [-0.2, 0) is 11.3 Å². The maximum absolute atomic E-state index is 13.0. The molecule has 1 amide bonds. The lowest BCUT2D eigenvalue weighted by Gasteiger charge is -2.32. The first-order valence-corrected chi connectivity index (χ1v) is 9.00. The molecule has 3 heterocycles. The minimum Gasteiger partial charge on any atom is -0.370 e. The van der Waals surface area contributed by atoms with E-state index in [1.807, 2.05) is 30.3 Å². The van der Waals surface area contributed by atoms with E-state index in [2.05, 4.69) is 15.0 Å². The van der Waals surface area contributed by atoms with E-state index in [0.717, 1.165) is 18.5 Å². The van der Waals surface area contributed by atoms with E-state index >= 15 is 0 Å². The zero-order valence-electron chi connectivity index (χ0n) is 14.8. The van der Waals surface area contributed by atoms with Crippen LogP contribution >= 0.6 is 0 Å². The molecule has 2 aromatic heterocycles. The summed E-state index contributed by atoms with van der Waals surface area (Å²) in [5.41, 5.74) is 1.15. The van der Waals surface area contributed by atoms with Crippen molar-refractivity contribution in [2.75, 3.05) is 13.1 Å². The smallest absolute Gasteiger partial charge is 0.346 e. The van der Waals surface area contributed by atoms with Gasteiger partial charge < -0.3 is 14.6 Å². The number of H-pyrrole nitrogens is 1. The van der Waals surface area contributed by atoms with Gasteiger partial charge in [-0.2, -0.15) is 4.98 Å². The van der Waals surface area contributed by atoms with Crippen LogP contribution in [0.4, 0.5) is 0 Å². The Bertz CT molecular complexity index is 1000. The summed E-state index contributed by atoms with van der Waals surface area (Å²) in [6.07, 6.45) is 3.41. The molecule has 0 spiro atoms. The number of benzene rings is 1. The number of piperidine rings is 1. The van der Waals surface area contributed by atoms with Crippen LogP contribution in [0.15, 0.2) is 53.5 Å². The SMILES string of the molecule is O=C(c1nc(=O)[nH]c2ccccc12)N1CCC[C@@H](OCc2ccccn2)C1. The normalized spacial score (nSPS) is 17.2. The van der Waals surface area contributed by atoms with Gasteiger partial charge in [-0.25, -0.2) is 4.79 Å². The van der Waals surface area contributed by atoms with Crippen molar-refractivity contribution >= 4 is 16.8 Å². The minimum absolute atomic E-state index is 0.0574. The Morgan fingerprint density at radius 3 is 2.93 bits per heavy atom. The molecule has 7 heteroatoms. The quantitative estimate of drug-likeness (QED) is 0.766. The van der Waals surface area contributed by atoms with Crippen molar-refractivity contribution in [3.8, 4) is 0 Å². The number of hydrogen-bond donors (Lipinski definition) is 1. The Kier molecular flexibility index (Phi) is 4.93. The van der Waals surface area contributed by atoms with Gasteiger partial charge in [0.1, 0.15) is 5.69 Å². The number of aromatic amines is 1. The molecule has 1 atom stereocenters. The van der Waals surface area contributed by atoms with Crippen molar-refractivity contribution in [2.24, 2.45) is 0 Å². The lowest BCUT2D eigenvalue weighted by molar-refractivity contribution is -0.00796. The number of pyridine rings is 1. The van der Waals surface area contributed by atoms with Gasteiger partial charge in [-0.15, -0.1) is 0 Å². The predicted molar refractivity (Wildman–Crippen MR) is 100 cm³/mol. The Labute approximate surface area is 156 Å². The largest absolute Gasteiger partial charge is 0.370 e. The summed E-state index contributed by atoms with van der Waals surface area (Å²) in [6, 6.07) is 12.9. The van der Waals surface area contributed by atoms with Gasteiger partial charge in [0.15, 0.2) is 0 Å². The number of carbonyl (C=O) groups is 1. The number of nitrogens with one attached hydrogen (secondary N) is 1. The summed E-state index contributed by atoms with van der Waals surface area (Å²) in [5.74, 6) is -0.233. The summed E-state index contributed by atoms with van der Waals surface area (Å²) >= 11 is 0. The average molecular weight is 364 g/mol. The van der Waals surface area contributed by atoms with Gasteiger partial charge in [0, 0.05) is 24.7 Å². The lowest BCUT2D eigenvalue weighted by atomic mass is 10.1. The van der Waals surface area contributed by atoms with Gasteiger partial charge in [-0.1, -0.05) is 24.3 Å². The number of para-hydroxylation sites is 1. The Hall–Kier alpha value is -3.06. The standard InChI is InChI=1S/C20H20N4O3/c25-19(18-16-8-1-2-9-17(16)22-20(26)23-18)24-11-5-7-15(12-24)27-13-14-6-3-4-10-21-14/h1-4,6,8-10,15H,5,7,11-13H2,(H,22,23,26)/t15-/m1/s1. The van der Waals surface area contributed by atoms with E-state index in [1.165, 1.54) is 0 Å². The summed E-state index contributed by atoms with van der Waals surface area (Å²) in [4.78, 5) is 37.5. The molecule has 1 aliphatic rings. The molecule has 0 unspecified atom stereocenters. The molecule has 7 nitrogen and oxygen atoms in total. The van der Waals surface area contributed by atoms with Crippen molar-refractivity contribution < 1.29 is 9.53 Å². The van der Waals surface area contributed by atoms with Crippen LogP contribution in [0, 0.1) is 0 Å². The van der Waals surface area contributed by atoms with E-state index in [1.54, 1.807) is 23.2 Å². The molecule has 0 bridgehead atoms. The number of aromatic nitrogens is 3. The number of rotatable bonds is 4. The molecule has 4 rings (SSSR count). The van der Waals surface area contributed by atoms with Crippen LogP contribution in [0.2, 0.25) is 0 Å². The molecule has 0 aliphatic carbocycles. The fraction of sp³-hybridized carbons (Fsp3) is 0.300. The van der Waals surface area contributed by atoms with E-state index in [0.29, 0.717) is 30.6 Å². The molecule has 1 fully saturated rings. The van der Waals surface area contributed by atoms with Crippen molar-refractivity contribution in [1.82, 2.24) is 19.9 Å². The van der Waals surface area contributed by atoms with Crippen LogP contribution in [0.3, 0.4) is 0 Å². The summed E-state index contributed by atoms with van der Waals surface area (Å²) < 4.78 is 5.95. The number of fused-ring (bicyclic) bond motifs is 1. The van der Waals surface area contributed by atoms with Crippen molar-refractivity contribution in [1.29, 1.82) is 0 Å². The van der Waals surface area contributed by atoms with Crippen LogP contribution in [-0.4, -0.2) is 45.0 Å². The fourth-order valence-electron chi connectivity index (χ4n) is 3.36. The predicted octanol–water partition coefficient (Wildman–Crippen LogP) is 2.14. The van der Waals surface area contributed by atoms with Gasteiger partial charge in [0.2, 0.25) is 0 Å². The number of amides is 1. The monoisotopic (exact) mass is 364 g/mol. The second-order valence-corrected chi connectivity index (χ2v) is 6.58. The van der Waals surface area contributed by atoms with E-state index in [-0.39, 0.29) is 17.7 Å². The van der Waals surface area contributed by atoms with E-state index in [4.69, 9.17) is 4.74 Å². The lowest BCUT2D eigenvalue weighted by Crippen LogP contribution is -2.44. The molecular formula is C20H20N4O3. The maximum atomic E-state index is 13.0. The van der Waals surface area contributed by atoms with Crippen molar-refractivity contribution in [2.45, 2.75) is 25.6 Å². The number of nitrogens with zero attached hydrogens (tertiary/aromatic N) is 3. The molecule has 1 aromatic carbocycles. The van der Waals surface area contributed by atoms with Crippen molar-refractivity contribution in [3.63, 3.8) is 0 Å². The first kappa shape index (κ1) is 17.4. The first-order chi connectivity index (χ1) is 13.2. The third kappa shape index (κ3) is 3.88. The van der Waals surface area contributed by atoms with Crippen LogP contribution in [0.1, 0.15) is 29.0 Å². The van der Waals surface area contributed by atoms with Crippen LogP contribution < -0.4 is 5.69 Å². The van der Waals surface area contributed by atoms with Gasteiger partial charge in [0.25, 0.3) is 5.91 Å². The Morgan fingerprint density at radius 1 is 1.22 bits per heavy atom. The average Bonchev–Trinajstić information content (AvgIpc) is 2.72. The highest BCUT2D eigenvalue weighted by atomic mass is 16.5. The Balaban J connectivity index is 1.50. The zero-order chi connectivity index (χ0) is 18.6. The summed E-state index contributed by atoms with van der Waals surface area (Å²) in [7, 11) is 0. The molecule has 138 valence electrons. The maximum Gasteiger partial charge on any atom is 0.346 e. The second-order valence-electron chi connectivity index (χ2n) is 6.58. The minimum atomic E-state index is -0.517. The van der Waals surface area contributed by atoms with E-state index in [9.17, 15) is 9.59 Å². The number of hydrogen-bond acceptors (Lipinski definition) is 5. The topological polar surface area (TPSA) is 88.2 Å². The molecule has 1 N–H and O–H groups in total. The number of likely N-dealkylation sites (tertiary alicyclic amines) is 1. The van der Waals surface area contributed by atoms with Crippen molar-refractivity contribution in [3.05, 3.63) is 70.5 Å². The highest BCUT2D eigenvalue weighted by Gasteiger charge is 2.27. The highest BCUT2D eigenvalue weighted by Crippen LogP contribution is 2.19. The third-order valence-corrected chi connectivity index (χ3v) is 4.70. The molecule has 1 saturated heterocycles. The van der Waals surface area contributed by atoms with Crippen LogP contribution in [0.25, 0.3) is 10.9 Å². The molecule has 27 heavy (non-hydrogen) atoms. The highest BCUT2D eigenvalue weighted by molar-refractivity contribution is 6.04. The fourth-order valence-corrected chi connectivity index (χ4v) is 3.36. The van der Waals surface area contributed by atoms with Gasteiger partial charge in [0.05, 0.1) is 23.9 Å². The Morgan fingerprint density at radius 2 is 2.07 bits per heavy atom.